The smallest absolute Gasteiger partial charge is 0.320 e. The van der Waals surface area contributed by atoms with Crippen LogP contribution in [0.25, 0.3) is 0 Å². The Labute approximate surface area is 127 Å². The second kappa shape index (κ2) is 6.69. The lowest BCUT2D eigenvalue weighted by atomic mass is 10.2. The van der Waals surface area contributed by atoms with E-state index < -0.39 is 47.6 Å². The van der Waals surface area contributed by atoms with E-state index in [1.165, 1.54) is 12.1 Å². The highest BCUT2D eigenvalue weighted by Gasteiger charge is 2.21. The second-order valence-electron chi connectivity index (χ2n) is 4.60. The first-order chi connectivity index (χ1) is 10.8. The minimum absolute atomic E-state index is 0.0653. The molecular weight excluding hydrogens is 322 g/mol. The van der Waals surface area contributed by atoms with Gasteiger partial charge in [0, 0.05) is 12.5 Å². The van der Waals surface area contributed by atoms with Gasteiger partial charge < -0.3 is 20.0 Å². The first-order valence-electron chi connectivity index (χ1n) is 6.31. The zero-order valence-corrected chi connectivity index (χ0v) is 11.5. The molecule has 23 heavy (non-hydrogen) atoms. The van der Waals surface area contributed by atoms with Crippen molar-refractivity contribution in [3.05, 3.63) is 53.0 Å². The van der Waals surface area contributed by atoms with E-state index in [1.54, 1.807) is 0 Å². The van der Waals surface area contributed by atoms with E-state index >= 15 is 0 Å². The monoisotopic (exact) mass is 333 g/mol. The van der Waals surface area contributed by atoms with Crippen LogP contribution >= 0.6 is 0 Å². The number of benzene rings is 1. The first kappa shape index (κ1) is 16.8. The summed E-state index contributed by atoms with van der Waals surface area (Å²) in [6, 6.07) is 1.65. The molecule has 0 radical (unpaired) electrons. The van der Waals surface area contributed by atoms with Crippen LogP contribution in [0.3, 0.4) is 0 Å². The summed E-state index contributed by atoms with van der Waals surface area (Å²) < 4.78 is 62.7. The van der Waals surface area contributed by atoms with Gasteiger partial charge >= 0.3 is 5.97 Å². The molecule has 1 aromatic carbocycles. The van der Waals surface area contributed by atoms with Crippen LogP contribution in [0.2, 0.25) is 0 Å². The summed E-state index contributed by atoms with van der Waals surface area (Å²) in [5.41, 5.74) is 5.32. The van der Waals surface area contributed by atoms with E-state index in [4.69, 9.17) is 20.0 Å². The summed E-state index contributed by atoms with van der Waals surface area (Å²) in [6.07, 6.45) is -0.105. The minimum Gasteiger partial charge on any atom is -0.480 e. The van der Waals surface area contributed by atoms with E-state index in [1.807, 2.05) is 0 Å². The molecule has 0 spiro atoms. The number of carboxylic acid groups (broad SMARTS) is 1. The second-order valence-corrected chi connectivity index (χ2v) is 4.60. The van der Waals surface area contributed by atoms with Gasteiger partial charge in [-0.15, -0.1) is 0 Å². The third-order valence-corrected chi connectivity index (χ3v) is 2.89. The van der Waals surface area contributed by atoms with Gasteiger partial charge in [0.25, 0.3) is 0 Å². The number of hydrogen-bond acceptors (Lipinski definition) is 4. The third-order valence-electron chi connectivity index (χ3n) is 2.89. The maximum atomic E-state index is 13.4. The van der Waals surface area contributed by atoms with Crippen LogP contribution in [-0.4, -0.2) is 17.1 Å². The lowest BCUT2D eigenvalue weighted by Gasteiger charge is -2.08. The Hall–Kier alpha value is -2.55. The molecule has 1 heterocycles. The standard InChI is InChI=1S/C14H11F4NO4/c15-8-4-9(16)12(18)13(11(8)17)22-5-7-2-1-6(23-7)3-10(19)14(20)21/h1-2,4,10H,3,5,19H2,(H,20,21). The fourth-order valence-corrected chi connectivity index (χ4v) is 1.73. The van der Waals surface area contributed by atoms with Gasteiger partial charge in [0.1, 0.15) is 24.2 Å². The van der Waals surface area contributed by atoms with Crippen LogP contribution in [0, 0.1) is 23.3 Å². The maximum absolute atomic E-state index is 13.4. The Bertz CT molecular complexity index is 706. The van der Waals surface area contributed by atoms with Crippen molar-refractivity contribution in [1.82, 2.24) is 0 Å². The van der Waals surface area contributed by atoms with Crippen LogP contribution < -0.4 is 10.5 Å². The van der Waals surface area contributed by atoms with Crippen molar-refractivity contribution < 1.29 is 36.6 Å². The van der Waals surface area contributed by atoms with Crippen LogP contribution in [0.15, 0.2) is 22.6 Å². The molecule has 0 saturated heterocycles. The largest absolute Gasteiger partial charge is 0.480 e. The number of halogens is 4. The van der Waals surface area contributed by atoms with E-state index in [0.717, 1.165) is 0 Å². The fraction of sp³-hybridized carbons (Fsp3) is 0.214. The quantitative estimate of drug-likeness (QED) is 0.626. The third kappa shape index (κ3) is 3.81. The number of nitrogens with two attached hydrogens (primary N) is 1. The molecule has 0 aliphatic carbocycles. The van der Waals surface area contributed by atoms with E-state index in [-0.39, 0.29) is 24.0 Å². The number of carbonyl (C=O) groups is 1. The molecule has 0 bridgehead atoms. The van der Waals surface area contributed by atoms with E-state index in [9.17, 15) is 22.4 Å². The number of ether oxygens (including phenoxy) is 1. The highest BCUT2D eigenvalue weighted by molar-refractivity contribution is 5.73. The molecular formula is C14H11F4NO4. The minimum atomic E-state index is -1.66. The molecule has 124 valence electrons. The summed E-state index contributed by atoms with van der Waals surface area (Å²) in [6.45, 7) is -0.515. The SMILES string of the molecule is NC(Cc1ccc(COc2c(F)c(F)cc(F)c2F)o1)C(=O)O. The first-order valence-corrected chi connectivity index (χ1v) is 6.31. The van der Waals surface area contributed by atoms with E-state index in [0.29, 0.717) is 0 Å². The maximum Gasteiger partial charge on any atom is 0.320 e. The van der Waals surface area contributed by atoms with Crippen molar-refractivity contribution in [3.63, 3.8) is 0 Å². The Morgan fingerprint density at radius 3 is 2.30 bits per heavy atom. The molecule has 5 nitrogen and oxygen atoms in total. The van der Waals surface area contributed by atoms with Gasteiger partial charge in [-0.25, -0.2) is 8.78 Å². The van der Waals surface area contributed by atoms with E-state index in [2.05, 4.69) is 0 Å². The van der Waals surface area contributed by atoms with Crippen molar-refractivity contribution >= 4 is 5.97 Å². The summed E-state index contributed by atoms with van der Waals surface area (Å²) in [5, 5.41) is 8.67. The Morgan fingerprint density at radius 2 is 1.74 bits per heavy atom. The van der Waals surface area contributed by atoms with Crippen LogP contribution in [-0.2, 0) is 17.8 Å². The highest BCUT2D eigenvalue weighted by Crippen LogP contribution is 2.27. The lowest BCUT2D eigenvalue weighted by molar-refractivity contribution is -0.138. The molecule has 0 amide bonds. The zero-order valence-electron chi connectivity index (χ0n) is 11.5. The van der Waals surface area contributed by atoms with Crippen molar-refractivity contribution in [2.75, 3.05) is 0 Å². The molecule has 2 rings (SSSR count). The topological polar surface area (TPSA) is 85.7 Å². The van der Waals surface area contributed by atoms with Gasteiger partial charge in [-0.05, 0) is 12.1 Å². The van der Waals surface area contributed by atoms with Crippen LogP contribution in [0.5, 0.6) is 5.75 Å². The average molecular weight is 333 g/mol. The van der Waals surface area contributed by atoms with Gasteiger partial charge in [0.15, 0.2) is 17.4 Å². The highest BCUT2D eigenvalue weighted by atomic mass is 19.2. The number of rotatable bonds is 6. The van der Waals surface area contributed by atoms with Crippen molar-refractivity contribution in [3.8, 4) is 5.75 Å². The van der Waals surface area contributed by atoms with Gasteiger partial charge in [0.05, 0.1) is 0 Å². The van der Waals surface area contributed by atoms with Gasteiger partial charge in [0.2, 0.25) is 11.6 Å². The van der Waals surface area contributed by atoms with Gasteiger partial charge in [-0.3, -0.25) is 4.79 Å². The van der Waals surface area contributed by atoms with Crippen LogP contribution in [0.1, 0.15) is 11.5 Å². The number of hydrogen-bond donors (Lipinski definition) is 2. The molecule has 3 N–H and O–H groups in total. The lowest BCUT2D eigenvalue weighted by Crippen LogP contribution is -2.32. The number of furan rings is 1. The summed E-state index contributed by atoms with van der Waals surface area (Å²) in [5.74, 6) is -8.66. The normalized spacial score (nSPS) is 12.2. The molecule has 1 unspecified atom stereocenters. The van der Waals surface area contributed by atoms with Crippen molar-refractivity contribution in [1.29, 1.82) is 0 Å². The summed E-state index contributed by atoms with van der Waals surface area (Å²) in [4.78, 5) is 10.6. The molecule has 2 aromatic rings. The molecule has 1 aromatic heterocycles. The van der Waals surface area contributed by atoms with Crippen LogP contribution in [0.4, 0.5) is 17.6 Å². The van der Waals surface area contributed by atoms with Crippen molar-refractivity contribution in [2.45, 2.75) is 19.1 Å². The predicted molar refractivity (Wildman–Crippen MR) is 68.6 cm³/mol. The molecule has 0 aliphatic heterocycles. The zero-order chi connectivity index (χ0) is 17.1. The Morgan fingerprint density at radius 1 is 1.17 bits per heavy atom. The molecule has 1 atom stereocenters. The number of carboxylic acids is 1. The van der Waals surface area contributed by atoms with Gasteiger partial charge in [-0.2, -0.15) is 8.78 Å². The summed E-state index contributed by atoms with van der Waals surface area (Å²) in [7, 11) is 0. The fourth-order valence-electron chi connectivity index (χ4n) is 1.73. The number of aliphatic carboxylic acids is 1. The molecule has 9 heteroatoms. The Balaban J connectivity index is 2.08. The van der Waals surface area contributed by atoms with Crippen molar-refractivity contribution in [2.24, 2.45) is 5.73 Å². The van der Waals surface area contributed by atoms with Gasteiger partial charge in [-0.1, -0.05) is 0 Å². The molecule has 0 saturated carbocycles. The molecule has 0 fully saturated rings. The summed E-state index contributed by atoms with van der Waals surface area (Å²) >= 11 is 0. The Kier molecular flexibility index (Phi) is 4.89. The molecule has 0 aliphatic rings. The predicted octanol–water partition coefficient (Wildman–Crippen LogP) is 2.37. The average Bonchev–Trinajstić information content (AvgIpc) is 2.92.